The number of hydrogen-bond acceptors (Lipinski definition) is 9. The Labute approximate surface area is 281 Å². The summed E-state index contributed by atoms with van der Waals surface area (Å²) in [5, 5.41) is 2.61. The van der Waals surface area contributed by atoms with Gasteiger partial charge in [0, 0.05) is 70.3 Å². The van der Waals surface area contributed by atoms with Crippen molar-refractivity contribution in [3.63, 3.8) is 0 Å². The number of rotatable bonds is 5. The minimum Gasteiger partial charge on any atom is -0.444 e. The minimum atomic E-state index is -4.60. The molecule has 0 radical (unpaired) electrons. The van der Waals surface area contributed by atoms with E-state index in [0.717, 1.165) is 34.8 Å². The Kier molecular flexibility index (Phi) is 13.4. The quantitative estimate of drug-likeness (QED) is 0.196. The molecule has 4 heterocycles. The number of carbonyl (C=O) groups excluding carboxylic acids is 1. The van der Waals surface area contributed by atoms with Crippen LogP contribution >= 0.6 is 44.3 Å². The molecule has 0 aliphatic carbocycles. The minimum absolute atomic E-state index is 0. The monoisotopic (exact) mass is 800 g/mol. The lowest BCUT2D eigenvalue weighted by atomic mass is 10.1. The SMILES string of the molecule is CC(C)(C)OC(=O)NCc1cc(-c2cnc(C(F)(F)F)nc2)ncc1Br.Cl.NCc1cc(-c2cnc(C(F)(F)F)nc2)ncc1Br. The first-order chi connectivity index (χ1) is 20.9. The molecule has 248 valence electrons. The van der Waals surface area contributed by atoms with Gasteiger partial charge in [0.15, 0.2) is 0 Å². The van der Waals surface area contributed by atoms with Crippen LogP contribution in [-0.2, 0) is 30.2 Å². The van der Waals surface area contributed by atoms with E-state index < -0.39 is 35.7 Å². The van der Waals surface area contributed by atoms with Gasteiger partial charge in [0.05, 0.1) is 11.4 Å². The lowest BCUT2D eigenvalue weighted by Gasteiger charge is -2.19. The van der Waals surface area contributed by atoms with Crippen LogP contribution < -0.4 is 11.1 Å². The standard InChI is InChI=1S/C16H16BrF3N4O2.C11H8BrF3N4.ClH/c1-15(2,3)26-14(25)24-5-9-4-12(21-8-11(9)17)10-6-22-13(23-7-10)16(18,19)20;12-8-5-17-9(1-6(8)2-16)7-3-18-10(19-4-7)11(13,14)15;/h4,6-8H,5H2,1-3H3,(H,24,25);1,3-5H,2,16H2;1H. The Morgan fingerprint density at radius 3 is 1.50 bits per heavy atom. The van der Waals surface area contributed by atoms with Crippen molar-refractivity contribution in [1.29, 1.82) is 0 Å². The number of pyridine rings is 2. The van der Waals surface area contributed by atoms with Crippen LogP contribution in [-0.4, -0.2) is 41.6 Å². The zero-order valence-corrected chi connectivity index (χ0v) is 28.0. The third-order valence-electron chi connectivity index (χ3n) is 5.31. The topological polar surface area (TPSA) is 142 Å². The Bertz CT molecular complexity index is 1620. The highest BCUT2D eigenvalue weighted by Gasteiger charge is 2.35. The maximum atomic E-state index is 12.5. The Balaban J connectivity index is 0.000000328. The van der Waals surface area contributed by atoms with E-state index in [2.05, 4.69) is 67.1 Å². The van der Waals surface area contributed by atoms with Gasteiger partial charge < -0.3 is 15.8 Å². The number of nitrogens with two attached hydrogens (primary N) is 1. The smallest absolute Gasteiger partial charge is 0.444 e. The summed E-state index contributed by atoms with van der Waals surface area (Å²) in [5.74, 6) is -2.39. The van der Waals surface area contributed by atoms with E-state index in [0.29, 0.717) is 32.6 Å². The van der Waals surface area contributed by atoms with Crippen LogP contribution in [0.15, 0.2) is 58.3 Å². The fraction of sp³-hybridized carbons (Fsp3) is 0.296. The highest BCUT2D eigenvalue weighted by molar-refractivity contribution is 9.10. The molecule has 3 N–H and O–H groups in total. The lowest BCUT2D eigenvalue weighted by Crippen LogP contribution is -2.32. The number of alkyl carbamates (subject to hydrolysis) is 1. The van der Waals surface area contributed by atoms with Crippen molar-refractivity contribution in [2.45, 2.75) is 51.8 Å². The highest BCUT2D eigenvalue weighted by atomic mass is 79.9. The number of nitrogens with zero attached hydrogens (tertiary/aromatic N) is 6. The molecule has 0 fully saturated rings. The number of aromatic nitrogens is 6. The third-order valence-corrected chi connectivity index (χ3v) is 6.74. The number of alkyl halides is 6. The maximum absolute atomic E-state index is 12.5. The number of amides is 1. The Morgan fingerprint density at radius 1 is 0.739 bits per heavy atom. The highest BCUT2D eigenvalue weighted by Crippen LogP contribution is 2.29. The molecule has 4 aromatic heterocycles. The third kappa shape index (κ3) is 11.4. The first kappa shape index (κ1) is 38.7. The van der Waals surface area contributed by atoms with Crippen molar-refractivity contribution >= 4 is 50.4 Å². The van der Waals surface area contributed by atoms with Crippen LogP contribution in [0.25, 0.3) is 22.5 Å². The van der Waals surface area contributed by atoms with Crippen LogP contribution in [0.2, 0.25) is 0 Å². The predicted octanol–water partition coefficient (Wildman–Crippen LogP) is 7.55. The average Bonchev–Trinajstić information content (AvgIpc) is 2.96. The summed E-state index contributed by atoms with van der Waals surface area (Å²) in [5.41, 5.74) is 7.95. The van der Waals surface area contributed by atoms with Gasteiger partial charge in [0.2, 0.25) is 11.6 Å². The zero-order chi connectivity index (χ0) is 33.6. The molecule has 0 atom stereocenters. The van der Waals surface area contributed by atoms with Gasteiger partial charge in [-0.3, -0.25) is 9.97 Å². The van der Waals surface area contributed by atoms with E-state index in [1.807, 2.05) is 0 Å². The fourth-order valence-electron chi connectivity index (χ4n) is 3.26. The molecule has 0 unspecified atom stereocenters. The van der Waals surface area contributed by atoms with Crippen molar-refractivity contribution in [1.82, 2.24) is 35.2 Å². The molecule has 0 saturated carbocycles. The normalized spacial score (nSPS) is 11.6. The second-order valence-corrected chi connectivity index (χ2v) is 11.7. The number of halogens is 9. The first-order valence-electron chi connectivity index (χ1n) is 12.6. The molecule has 4 aromatic rings. The van der Waals surface area contributed by atoms with E-state index >= 15 is 0 Å². The molecule has 1 amide bonds. The summed E-state index contributed by atoms with van der Waals surface area (Å²) < 4.78 is 81.1. The number of carbonyl (C=O) groups is 1. The van der Waals surface area contributed by atoms with Crippen molar-refractivity contribution in [2.24, 2.45) is 5.73 Å². The average molecular weight is 803 g/mol. The summed E-state index contributed by atoms with van der Waals surface area (Å²) in [6.45, 7) is 5.68. The molecule has 4 rings (SSSR count). The van der Waals surface area contributed by atoms with E-state index in [-0.39, 0.29) is 25.5 Å². The van der Waals surface area contributed by atoms with Crippen LogP contribution in [0.3, 0.4) is 0 Å². The number of hydrogen-bond donors (Lipinski definition) is 2. The molecule has 19 heteroatoms. The summed E-state index contributed by atoms with van der Waals surface area (Å²) in [4.78, 5) is 33.2. The molecule has 0 spiro atoms. The van der Waals surface area contributed by atoms with Gasteiger partial charge in [0.25, 0.3) is 0 Å². The Hall–Kier alpha value is -3.48. The van der Waals surface area contributed by atoms with E-state index in [1.165, 1.54) is 12.4 Å². The summed E-state index contributed by atoms with van der Waals surface area (Å²) in [6, 6.07) is 3.30. The van der Waals surface area contributed by atoms with Crippen molar-refractivity contribution in [2.75, 3.05) is 0 Å². The largest absolute Gasteiger partial charge is 0.451 e. The van der Waals surface area contributed by atoms with Crippen LogP contribution in [0.1, 0.15) is 43.5 Å². The summed E-state index contributed by atoms with van der Waals surface area (Å²) in [7, 11) is 0. The molecule has 0 aliphatic rings. The van der Waals surface area contributed by atoms with E-state index in [9.17, 15) is 31.1 Å². The van der Waals surface area contributed by atoms with Gasteiger partial charge in [-0.25, -0.2) is 24.7 Å². The van der Waals surface area contributed by atoms with Crippen LogP contribution in [0, 0.1) is 0 Å². The van der Waals surface area contributed by atoms with Gasteiger partial charge in [-0.05, 0) is 75.9 Å². The summed E-state index contributed by atoms with van der Waals surface area (Å²) >= 11 is 6.60. The lowest BCUT2D eigenvalue weighted by molar-refractivity contribution is -0.145. The molecule has 0 aromatic carbocycles. The molecular formula is C27H25Br2ClF6N8O2. The van der Waals surface area contributed by atoms with Crippen LogP contribution in [0.5, 0.6) is 0 Å². The zero-order valence-electron chi connectivity index (χ0n) is 24.0. The van der Waals surface area contributed by atoms with Crippen molar-refractivity contribution in [3.8, 4) is 22.5 Å². The van der Waals surface area contributed by atoms with Crippen LogP contribution in [0.4, 0.5) is 31.1 Å². The summed E-state index contributed by atoms with van der Waals surface area (Å²) in [6.07, 6.45) is -2.43. The van der Waals surface area contributed by atoms with Gasteiger partial charge in [0.1, 0.15) is 5.60 Å². The molecule has 0 bridgehead atoms. The van der Waals surface area contributed by atoms with Gasteiger partial charge in [-0.1, -0.05) is 0 Å². The van der Waals surface area contributed by atoms with Gasteiger partial charge >= 0.3 is 18.4 Å². The number of nitrogens with one attached hydrogen (secondary N) is 1. The first-order valence-corrected chi connectivity index (χ1v) is 14.2. The second kappa shape index (κ2) is 15.9. The maximum Gasteiger partial charge on any atom is 0.451 e. The predicted molar refractivity (Wildman–Crippen MR) is 164 cm³/mol. The van der Waals surface area contributed by atoms with Crippen molar-refractivity contribution < 1.29 is 35.9 Å². The molecule has 0 saturated heterocycles. The van der Waals surface area contributed by atoms with E-state index in [1.54, 1.807) is 32.9 Å². The van der Waals surface area contributed by atoms with Crippen molar-refractivity contribution in [3.05, 3.63) is 81.0 Å². The van der Waals surface area contributed by atoms with Gasteiger partial charge in [-0.2, -0.15) is 26.3 Å². The molecular weight excluding hydrogens is 778 g/mol. The molecule has 10 nitrogen and oxygen atoms in total. The molecule has 46 heavy (non-hydrogen) atoms. The second-order valence-electron chi connectivity index (χ2n) is 9.97. The van der Waals surface area contributed by atoms with E-state index in [4.69, 9.17) is 10.5 Å². The fourth-order valence-corrected chi connectivity index (χ4v) is 4.00. The van der Waals surface area contributed by atoms with Gasteiger partial charge in [-0.15, -0.1) is 12.4 Å². The Morgan fingerprint density at radius 2 is 1.13 bits per heavy atom. The molecule has 0 aliphatic heterocycles. The number of ether oxygens (including phenoxy) is 1.